The van der Waals surface area contributed by atoms with Gasteiger partial charge in [0.15, 0.2) is 0 Å². The molecule has 2 saturated heterocycles. The Kier molecular flexibility index (Phi) is 4.53. The molecule has 1 N–H and O–H groups in total. The Bertz CT molecular complexity index is 552. The van der Waals surface area contributed by atoms with E-state index in [1.54, 1.807) is 0 Å². The summed E-state index contributed by atoms with van der Waals surface area (Å²) in [5.74, 6) is 1.82. The predicted molar refractivity (Wildman–Crippen MR) is 94.1 cm³/mol. The molecule has 0 unspecified atom stereocenters. The molecule has 3 aliphatic rings. The van der Waals surface area contributed by atoms with Crippen molar-refractivity contribution in [2.45, 2.75) is 38.6 Å². The third kappa shape index (κ3) is 3.84. The number of hydrogen-bond acceptors (Lipinski definition) is 3. The van der Waals surface area contributed by atoms with Crippen LogP contribution in [0.1, 0.15) is 37.7 Å². The summed E-state index contributed by atoms with van der Waals surface area (Å²) in [6.07, 6.45) is 6.64. The molecule has 3 fully saturated rings. The Morgan fingerprint density at radius 1 is 1.22 bits per heavy atom. The molecular formula is C19H27ClN2O. The SMILES string of the molecule is Clc1ccc(OCC2CC2)c(CN2CCC3(CCNCC3)C2)c1. The molecule has 0 aromatic heterocycles. The van der Waals surface area contributed by atoms with Crippen LogP contribution in [0.5, 0.6) is 5.75 Å². The van der Waals surface area contributed by atoms with Gasteiger partial charge in [-0.1, -0.05) is 11.6 Å². The Labute approximate surface area is 144 Å². The number of ether oxygens (including phenoxy) is 1. The lowest BCUT2D eigenvalue weighted by Crippen LogP contribution is -2.38. The van der Waals surface area contributed by atoms with Crippen molar-refractivity contribution in [2.75, 3.05) is 32.8 Å². The van der Waals surface area contributed by atoms with Crippen molar-refractivity contribution in [3.05, 3.63) is 28.8 Å². The van der Waals surface area contributed by atoms with Crippen molar-refractivity contribution in [3.63, 3.8) is 0 Å². The molecule has 126 valence electrons. The lowest BCUT2D eigenvalue weighted by atomic mass is 9.78. The fourth-order valence-corrected chi connectivity index (χ4v) is 4.27. The fourth-order valence-electron chi connectivity index (χ4n) is 4.07. The topological polar surface area (TPSA) is 24.5 Å². The van der Waals surface area contributed by atoms with Gasteiger partial charge in [-0.2, -0.15) is 0 Å². The molecule has 3 nitrogen and oxygen atoms in total. The van der Waals surface area contributed by atoms with E-state index in [0.717, 1.165) is 29.8 Å². The summed E-state index contributed by atoms with van der Waals surface area (Å²) in [6, 6.07) is 6.10. The van der Waals surface area contributed by atoms with Crippen molar-refractivity contribution in [1.29, 1.82) is 0 Å². The fraction of sp³-hybridized carbons (Fsp3) is 0.684. The van der Waals surface area contributed by atoms with E-state index in [4.69, 9.17) is 16.3 Å². The van der Waals surface area contributed by atoms with Crippen LogP contribution in [-0.2, 0) is 6.54 Å². The molecule has 1 aromatic carbocycles. The molecule has 1 aliphatic carbocycles. The predicted octanol–water partition coefficient (Wildman–Crippen LogP) is 3.70. The van der Waals surface area contributed by atoms with Gasteiger partial charge in [-0.25, -0.2) is 0 Å². The first-order chi connectivity index (χ1) is 11.2. The smallest absolute Gasteiger partial charge is 0.123 e. The molecular weight excluding hydrogens is 308 g/mol. The average Bonchev–Trinajstić information content (AvgIpc) is 3.31. The summed E-state index contributed by atoms with van der Waals surface area (Å²) in [5, 5.41) is 4.31. The molecule has 1 spiro atoms. The molecule has 0 radical (unpaired) electrons. The first kappa shape index (κ1) is 15.7. The van der Waals surface area contributed by atoms with E-state index in [1.807, 2.05) is 6.07 Å². The zero-order chi connectivity index (χ0) is 15.7. The number of halogens is 1. The van der Waals surface area contributed by atoms with Crippen LogP contribution in [0, 0.1) is 11.3 Å². The number of benzene rings is 1. The summed E-state index contributed by atoms with van der Waals surface area (Å²) in [5.41, 5.74) is 1.81. The number of nitrogens with one attached hydrogen (secondary N) is 1. The quantitative estimate of drug-likeness (QED) is 0.888. The number of hydrogen-bond donors (Lipinski definition) is 1. The summed E-state index contributed by atoms with van der Waals surface area (Å²) in [6.45, 7) is 6.62. The maximum Gasteiger partial charge on any atom is 0.123 e. The van der Waals surface area contributed by atoms with E-state index in [1.165, 1.54) is 63.8 Å². The van der Waals surface area contributed by atoms with E-state index >= 15 is 0 Å². The second-order valence-corrected chi connectivity index (χ2v) is 8.15. The van der Waals surface area contributed by atoms with Gasteiger partial charge < -0.3 is 10.1 Å². The molecule has 1 saturated carbocycles. The van der Waals surface area contributed by atoms with E-state index in [-0.39, 0.29) is 0 Å². The Hall–Kier alpha value is -0.770. The molecule has 0 amide bonds. The highest BCUT2D eigenvalue weighted by Gasteiger charge is 2.38. The largest absolute Gasteiger partial charge is 0.493 e. The minimum absolute atomic E-state index is 0.554. The van der Waals surface area contributed by atoms with Gasteiger partial charge >= 0.3 is 0 Å². The summed E-state index contributed by atoms with van der Waals surface area (Å²) < 4.78 is 6.07. The molecule has 0 atom stereocenters. The van der Waals surface area contributed by atoms with Gasteiger partial charge in [0.05, 0.1) is 6.61 Å². The number of nitrogens with zero attached hydrogens (tertiary/aromatic N) is 1. The van der Waals surface area contributed by atoms with Gasteiger partial charge in [-0.3, -0.25) is 4.90 Å². The second-order valence-electron chi connectivity index (χ2n) is 7.72. The number of rotatable bonds is 5. The first-order valence-electron chi connectivity index (χ1n) is 9.07. The number of piperidine rings is 1. The van der Waals surface area contributed by atoms with Crippen LogP contribution >= 0.6 is 11.6 Å². The lowest BCUT2D eigenvalue weighted by Gasteiger charge is -2.34. The van der Waals surface area contributed by atoms with Crippen molar-refractivity contribution >= 4 is 11.6 Å². The van der Waals surface area contributed by atoms with Gasteiger partial charge in [0.1, 0.15) is 5.75 Å². The molecule has 1 aromatic rings. The monoisotopic (exact) mass is 334 g/mol. The van der Waals surface area contributed by atoms with Crippen LogP contribution in [-0.4, -0.2) is 37.7 Å². The number of likely N-dealkylation sites (tertiary alicyclic amines) is 1. The zero-order valence-corrected chi connectivity index (χ0v) is 14.6. The van der Waals surface area contributed by atoms with Gasteiger partial charge in [-0.15, -0.1) is 0 Å². The van der Waals surface area contributed by atoms with Crippen LogP contribution in [0.3, 0.4) is 0 Å². The van der Waals surface area contributed by atoms with E-state index in [2.05, 4.69) is 22.3 Å². The maximum absolute atomic E-state index is 6.24. The third-order valence-electron chi connectivity index (χ3n) is 5.77. The van der Waals surface area contributed by atoms with E-state index in [0.29, 0.717) is 5.41 Å². The first-order valence-corrected chi connectivity index (χ1v) is 9.45. The average molecular weight is 335 g/mol. The summed E-state index contributed by atoms with van der Waals surface area (Å²) in [7, 11) is 0. The molecule has 4 rings (SSSR count). The third-order valence-corrected chi connectivity index (χ3v) is 6.00. The van der Waals surface area contributed by atoms with Crippen LogP contribution in [0.4, 0.5) is 0 Å². The highest BCUT2D eigenvalue weighted by molar-refractivity contribution is 6.30. The van der Waals surface area contributed by atoms with E-state index < -0.39 is 0 Å². The van der Waals surface area contributed by atoms with Crippen LogP contribution in [0.25, 0.3) is 0 Å². The molecule has 4 heteroatoms. The molecule has 0 bridgehead atoms. The standard InChI is InChI=1S/C19H27ClN2O/c20-17-3-4-18(23-13-15-1-2-15)16(11-17)12-22-10-7-19(14-22)5-8-21-9-6-19/h3-4,11,15,21H,1-2,5-10,12-14H2. The molecule has 2 heterocycles. The molecule has 23 heavy (non-hydrogen) atoms. The minimum atomic E-state index is 0.554. The van der Waals surface area contributed by atoms with Crippen LogP contribution in [0.15, 0.2) is 18.2 Å². The summed E-state index contributed by atoms with van der Waals surface area (Å²) in [4.78, 5) is 2.60. The summed E-state index contributed by atoms with van der Waals surface area (Å²) >= 11 is 6.24. The molecule has 2 aliphatic heterocycles. The Balaban J connectivity index is 1.42. The van der Waals surface area contributed by atoms with Crippen molar-refractivity contribution < 1.29 is 4.74 Å². The van der Waals surface area contributed by atoms with Gasteiger partial charge in [0.2, 0.25) is 0 Å². The van der Waals surface area contributed by atoms with Crippen molar-refractivity contribution in [3.8, 4) is 5.75 Å². The van der Waals surface area contributed by atoms with Crippen molar-refractivity contribution in [2.24, 2.45) is 11.3 Å². The van der Waals surface area contributed by atoms with Crippen molar-refractivity contribution in [1.82, 2.24) is 10.2 Å². The van der Waals surface area contributed by atoms with Gasteiger partial charge in [-0.05, 0) is 81.3 Å². The minimum Gasteiger partial charge on any atom is -0.493 e. The van der Waals surface area contributed by atoms with Crippen LogP contribution in [0.2, 0.25) is 5.02 Å². The maximum atomic E-state index is 6.24. The Morgan fingerprint density at radius 2 is 2.04 bits per heavy atom. The lowest BCUT2D eigenvalue weighted by molar-refractivity contribution is 0.192. The van der Waals surface area contributed by atoms with Crippen LogP contribution < -0.4 is 10.1 Å². The normalized spacial score (nSPS) is 24.2. The van der Waals surface area contributed by atoms with E-state index in [9.17, 15) is 0 Å². The zero-order valence-electron chi connectivity index (χ0n) is 13.8. The van der Waals surface area contributed by atoms with Gasteiger partial charge in [0.25, 0.3) is 0 Å². The highest BCUT2D eigenvalue weighted by atomic mass is 35.5. The van der Waals surface area contributed by atoms with Gasteiger partial charge in [0, 0.05) is 23.7 Å². The second kappa shape index (κ2) is 6.62. The Morgan fingerprint density at radius 3 is 2.83 bits per heavy atom. The highest BCUT2D eigenvalue weighted by Crippen LogP contribution is 2.40.